The van der Waals surface area contributed by atoms with Gasteiger partial charge in [0.15, 0.2) is 11.6 Å². The molecule has 100 valence electrons. The molecule has 0 fully saturated rings. The van der Waals surface area contributed by atoms with Gasteiger partial charge in [-0.25, -0.2) is 8.78 Å². The van der Waals surface area contributed by atoms with Crippen LogP contribution in [0, 0.1) is 11.6 Å². The maximum Gasteiger partial charge on any atom is 0.159 e. The third kappa shape index (κ3) is 3.77. The average Bonchev–Trinajstić information content (AvgIpc) is 2.33. The number of alkyl halides is 1. The van der Waals surface area contributed by atoms with Gasteiger partial charge in [-0.2, -0.15) is 0 Å². The number of hydrogen-bond donors (Lipinski definition) is 0. The molecule has 0 aliphatic carbocycles. The molecule has 0 aliphatic heterocycles. The molecule has 0 radical (unpaired) electrons. The number of benzene rings is 2. The molecule has 2 rings (SSSR count). The first-order valence-electron chi connectivity index (χ1n) is 5.50. The van der Waals surface area contributed by atoms with Crippen LogP contribution in [0.5, 0.6) is 0 Å². The van der Waals surface area contributed by atoms with Crippen molar-refractivity contribution >= 4 is 43.5 Å². The summed E-state index contributed by atoms with van der Waals surface area (Å²) in [6.07, 6.45) is 0.526. The fraction of sp³-hybridized carbons (Fsp3) is 0.143. The third-order valence-electron chi connectivity index (χ3n) is 2.70. The largest absolute Gasteiger partial charge is 0.204 e. The Labute approximate surface area is 132 Å². The van der Waals surface area contributed by atoms with Crippen LogP contribution in [0.1, 0.15) is 16.0 Å². The van der Waals surface area contributed by atoms with E-state index in [-0.39, 0.29) is 4.83 Å². The van der Waals surface area contributed by atoms with Crippen LogP contribution >= 0.6 is 43.5 Å². The Morgan fingerprint density at radius 2 is 1.79 bits per heavy atom. The zero-order chi connectivity index (χ0) is 14.0. The fourth-order valence-corrected chi connectivity index (χ4v) is 3.45. The molecule has 0 aliphatic rings. The maximum atomic E-state index is 13.1. The topological polar surface area (TPSA) is 0 Å². The van der Waals surface area contributed by atoms with Gasteiger partial charge in [0.25, 0.3) is 0 Å². The minimum Gasteiger partial charge on any atom is -0.204 e. The minimum absolute atomic E-state index is 0.0574. The third-order valence-corrected chi connectivity index (χ3v) is 4.34. The molecule has 1 unspecified atom stereocenters. The lowest BCUT2D eigenvalue weighted by atomic mass is 10.0. The van der Waals surface area contributed by atoms with Gasteiger partial charge in [-0.15, -0.1) is 0 Å². The molecule has 0 nitrogen and oxygen atoms in total. The second-order valence-electron chi connectivity index (χ2n) is 4.09. The monoisotopic (exact) mass is 408 g/mol. The molecule has 0 N–H and O–H groups in total. The van der Waals surface area contributed by atoms with Crippen LogP contribution in [-0.2, 0) is 6.42 Å². The van der Waals surface area contributed by atoms with E-state index in [1.807, 2.05) is 12.1 Å². The lowest BCUT2D eigenvalue weighted by Gasteiger charge is -2.12. The highest BCUT2D eigenvalue weighted by molar-refractivity contribution is 9.10. The van der Waals surface area contributed by atoms with Crippen LogP contribution in [0.25, 0.3) is 0 Å². The number of hydrogen-bond acceptors (Lipinski definition) is 0. The van der Waals surface area contributed by atoms with Crippen LogP contribution in [0.15, 0.2) is 40.9 Å². The highest BCUT2D eigenvalue weighted by Crippen LogP contribution is 2.34. The van der Waals surface area contributed by atoms with E-state index in [9.17, 15) is 8.78 Å². The molecule has 0 bridgehead atoms. The van der Waals surface area contributed by atoms with E-state index in [4.69, 9.17) is 11.6 Å². The van der Waals surface area contributed by atoms with Crippen molar-refractivity contribution in [3.8, 4) is 0 Å². The lowest BCUT2D eigenvalue weighted by molar-refractivity contribution is 0.507. The number of halogens is 5. The molecule has 2 aromatic rings. The van der Waals surface area contributed by atoms with Gasteiger partial charge in [0.1, 0.15) is 0 Å². The van der Waals surface area contributed by atoms with Crippen molar-refractivity contribution in [2.75, 3.05) is 0 Å². The fourth-order valence-electron chi connectivity index (χ4n) is 1.74. The van der Waals surface area contributed by atoms with Crippen LogP contribution < -0.4 is 0 Å². The Morgan fingerprint density at radius 1 is 1.05 bits per heavy atom. The van der Waals surface area contributed by atoms with E-state index in [0.717, 1.165) is 16.1 Å². The first-order chi connectivity index (χ1) is 8.97. The standard InChI is InChI=1S/C14H9Br2ClF2/c15-9-2-3-10(12(17)7-9)11(16)5-8-1-4-13(18)14(19)6-8/h1-4,6-7,11H,5H2. The summed E-state index contributed by atoms with van der Waals surface area (Å²) in [5, 5.41) is 0.624. The SMILES string of the molecule is Fc1ccc(CC(Br)c2ccc(Br)cc2Cl)cc1F. The quantitative estimate of drug-likeness (QED) is 0.540. The first-order valence-corrected chi connectivity index (χ1v) is 7.59. The first kappa shape index (κ1) is 14.9. The molecular formula is C14H9Br2ClF2. The van der Waals surface area contributed by atoms with E-state index in [0.29, 0.717) is 17.0 Å². The normalized spacial score (nSPS) is 12.5. The smallest absolute Gasteiger partial charge is 0.159 e. The molecule has 1 atom stereocenters. The molecule has 0 heterocycles. The van der Waals surface area contributed by atoms with Crippen molar-refractivity contribution in [1.29, 1.82) is 0 Å². The van der Waals surface area contributed by atoms with E-state index >= 15 is 0 Å². The maximum absolute atomic E-state index is 13.1. The van der Waals surface area contributed by atoms with Crippen molar-refractivity contribution in [1.82, 2.24) is 0 Å². The molecule has 0 spiro atoms. The van der Waals surface area contributed by atoms with Crippen LogP contribution in [-0.4, -0.2) is 0 Å². The summed E-state index contributed by atoms with van der Waals surface area (Å²) in [5.41, 5.74) is 1.62. The van der Waals surface area contributed by atoms with E-state index < -0.39 is 11.6 Å². The van der Waals surface area contributed by atoms with Gasteiger partial charge in [0.2, 0.25) is 0 Å². The Hall–Kier alpha value is -0.450. The zero-order valence-corrected chi connectivity index (χ0v) is 13.6. The van der Waals surface area contributed by atoms with Crippen molar-refractivity contribution in [2.24, 2.45) is 0 Å². The molecule has 5 heteroatoms. The lowest BCUT2D eigenvalue weighted by Crippen LogP contribution is -1.98. The van der Waals surface area contributed by atoms with Gasteiger partial charge in [0, 0.05) is 14.3 Å². The summed E-state index contributed by atoms with van der Waals surface area (Å²) >= 11 is 13.0. The van der Waals surface area contributed by atoms with Crippen molar-refractivity contribution in [3.05, 3.63) is 68.7 Å². The summed E-state index contributed by atoms with van der Waals surface area (Å²) in [6, 6.07) is 9.49. The predicted octanol–water partition coefficient (Wildman–Crippen LogP) is 6.06. The van der Waals surface area contributed by atoms with Crippen molar-refractivity contribution in [2.45, 2.75) is 11.2 Å². The predicted molar refractivity (Wildman–Crippen MR) is 80.9 cm³/mol. The zero-order valence-electron chi connectivity index (χ0n) is 9.64. The van der Waals surface area contributed by atoms with Crippen LogP contribution in [0.3, 0.4) is 0 Å². The summed E-state index contributed by atoms with van der Waals surface area (Å²) < 4.78 is 26.9. The van der Waals surface area contributed by atoms with Gasteiger partial charge >= 0.3 is 0 Å². The van der Waals surface area contributed by atoms with Gasteiger partial charge < -0.3 is 0 Å². The van der Waals surface area contributed by atoms with Gasteiger partial charge in [-0.3, -0.25) is 0 Å². The average molecular weight is 410 g/mol. The Balaban J connectivity index is 2.20. The summed E-state index contributed by atoms with van der Waals surface area (Å²) in [7, 11) is 0. The van der Waals surface area contributed by atoms with Crippen molar-refractivity contribution < 1.29 is 8.78 Å². The number of rotatable bonds is 3. The van der Waals surface area contributed by atoms with E-state index in [1.165, 1.54) is 6.07 Å². The van der Waals surface area contributed by atoms with Gasteiger partial charge in [-0.1, -0.05) is 55.6 Å². The second-order valence-corrected chi connectivity index (χ2v) is 6.51. The second kappa shape index (κ2) is 6.33. The Bertz CT molecular complexity index is 602. The molecule has 19 heavy (non-hydrogen) atoms. The molecular weight excluding hydrogens is 401 g/mol. The van der Waals surface area contributed by atoms with E-state index in [2.05, 4.69) is 31.9 Å². The molecule has 0 saturated carbocycles. The Kier molecular flexibility index (Phi) is 4.98. The summed E-state index contributed by atoms with van der Waals surface area (Å²) in [6.45, 7) is 0. The van der Waals surface area contributed by atoms with Crippen LogP contribution in [0.2, 0.25) is 5.02 Å². The van der Waals surface area contributed by atoms with Crippen molar-refractivity contribution in [3.63, 3.8) is 0 Å². The summed E-state index contributed by atoms with van der Waals surface area (Å²) in [4.78, 5) is -0.0574. The van der Waals surface area contributed by atoms with Gasteiger partial charge in [0.05, 0.1) is 0 Å². The molecule has 0 aromatic heterocycles. The van der Waals surface area contributed by atoms with Crippen LogP contribution in [0.4, 0.5) is 8.78 Å². The molecule has 0 amide bonds. The van der Waals surface area contributed by atoms with Gasteiger partial charge in [-0.05, 0) is 41.8 Å². The van der Waals surface area contributed by atoms with E-state index in [1.54, 1.807) is 12.1 Å². The minimum atomic E-state index is -0.837. The molecule has 0 saturated heterocycles. The summed E-state index contributed by atoms with van der Waals surface area (Å²) in [5.74, 6) is -1.67. The highest BCUT2D eigenvalue weighted by Gasteiger charge is 2.13. The Morgan fingerprint density at radius 3 is 2.42 bits per heavy atom. The highest BCUT2D eigenvalue weighted by atomic mass is 79.9. The molecule has 2 aromatic carbocycles.